The average Bonchev–Trinajstić information content (AvgIpc) is 3.23. The summed E-state index contributed by atoms with van der Waals surface area (Å²) in [5.41, 5.74) is -0.437. The van der Waals surface area contributed by atoms with Crippen LogP contribution in [-0.2, 0) is 6.18 Å². The standard InChI is InChI=1S/C25H21ClF3N5O2/c1-36-19-10-3-2-8-16(19)17-13-20(25(27,28)29)34-23(31-17)21(26)22(32-34)24(35)33-12-5-4-9-18(33)15-7-6-11-30-14-15/h2-3,6-8,10-11,13-14,18H,4-5,9,12H2,1H3/t18-/m1/s1. The number of nitrogens with zero attached hydrogens (tertiary/aromatic N) is 5. The molecular weight excluding hydrogens is 495 g/mol. The van der Waals surface area contributed by atoms with Crippen LogP contribution in [0.4, 0.5) is 13.2 Å². The maximum atomic E-state index is 14.1. The van der Waals surface area contributed by atoms with Crippen LogP contribution in [0.3, 0.4) is 0 Å². The molecule has 186 valence electrons. The highest BCUT2D eigenvalue weighted by molar-refractivity contribution is 6.36. The summed E-state index contributed by atoms with van der Waals surface area (Å²) < 4.78 is 48.2. The van der Waals surface area contributed by atoms with Gasteiger partial charge in [0.2, 0.25) is 0 Å². The molecule has 1 saturated heterocycles. The van der Waals surface area contributed by atoms with E-state index in [-0.39, 0.29) is 28.1 Å². The predicted octanol–water partition coefficient (Wildman–Crippen LogP) is 5.84. The van der Waals surface area contributed by atoms with E-state index in [0.29, 0.717) is 28.8 Å². The van der Waals surface area contributed by atoms with Crippen LogP contribution < -0.4 is 4.74 Å². The summed E-state index contributed by atoms with van der Waals surface area (Å²) in [7, 11) is 1.42. The summed E-state index contributed by atoms with van der Waals surface area (Å²) in [4.78, 5) is 23.7. The second-order valence-corrected chi connectivity index (χ2v) is 8.80. The van der Waals surface area contributed by atoms with Gasteiger partial charge in [-0.3, -0.25) is 9.78 Å². The van der Waals surface area contributed by atoms with E-state index in [1.54, 1.807) is 47.6 Å². The number of ether oxygens (including phenoxy) is 1. The third kappa shape index (κ3) is 4.26. The summed E-state index contributed by atoms with van der Waals surface area (Å²) in [6, 6.07) is 10.8. The lowest BCUT2D eigenvalue weighted by Gasteiger charge is -2.35. The topological polar surface area (TPSA) is 72.6 Å². The molecule has 0 spiro atoms. The Morgan fingerprint density at radius 2 is 1.97 bits per heavy atom. The van der Waals surface area contributed by atoms with Crippen LogP contribution in [-0.4, -0.2) is 44.0 Å². The normalized spacial score (nSPS) is 16.4. The Hall–Kier alpha value is -3.66. The van der Waals surface area contributed by atoms with Crippen LogP contribution in [0, 0.1) is 0 Å². The highest BCUT2D eigenvalue weighted by Crippen LogP contribution is 2.38. The molecule has 4 heterocycles. The second kappa shape index (κ2) is 9.42. The van der Waals surface area contributed by atoms with Gasteiger partial charge in [0, 0.05) is 24.5 Å². The molecule has 1 amide bonds. The maximum absolute atomic E-state index is 14.1. The van der Waals surface area contributed by atoms with Crippen molar-refractivity contribution in [2.75, 3.05) is 13.7 Å². The van der Waals surface area contributed by atoms with Gasteiger partial charge >= 0.3 is 6.18 Å². The number of rotatable bonds is 4. The van der Waals surface area contributed by atoms with Crippen molar-refractivity contribution in [3.05, 3.63) is 76.8 Å². The monoisotopic (exact) mass is 515 g/mol. The van der Waals surface area contributed by atoms with E-state index < -0.39 is 17.8 Å². The van der Waals surface area contributed by atoms with Crippen LogP contribution >= 0.6 is 11.6 Å². The molecule has 3 aromatic heterocycles. The Balaban J connectivity index is 1.64. The van der Waals surface area contributed by atoms with Gasteiger partial charge in [-0.25, -0.2) is 9.50 Å². The van der Waals surface area contributed by atoms with E-state index in [1.807, 2.05) is 6.07 Å². The largest absolute Gasteiger partial charge is 0.496 e. The van der Waals surface area contributed by atoms with Gasteiger partial charge in [-0.15, -0.1) is 0 Å². The molecule has 0 unspecified atom stereocenters. The summed E-state index contributed by atoms with van der Waals surface area (Å²) in [6.07, 6.45) is 0.913. The fourth-order valence-corrected chi connectivity index (χ4v) is 4.80. The zero-order chi connectivity index (χ0) is 25.4. The predicted molar refractivity (Wildman–Crippen MR) is 127 cm³/mol. The molecule has 0 radical (unpaired) electrons. The van der Waals surface area contributed by atoms with Crippen molar-refractivity contribution >= 4 is 23.2 Å². The van der Waals surface area contributed by atoms with Gasteiger partial charge in [-0.1, -0.05) is 29.8 Å². The molecule has 36 heavy (non-hydrogen) atoms. The van der Waals surface area contributed by atoms with Crippen LogP contribution in [0.5, 0.6) is 5.75 Å². The number of para-hydroxylation sites is 1. The number of alkyl halides is 3. The summed E-state index contributed by atoms with van der Waals surface area (Å²) >= 11 is 6.52. The van der Waals surface area contributed by atoms with Gasteiger partial charge in [-0.2, -0.15) is 18.3 Å². The van der Waals surface area contributed by atoms with E-state index >= 15 is 0 Å². The fraction of sp³-hybridized carbons (Fsp3) is 0.280. The van der Waals surface area contributed by atoms with Crippen LogP contribution in [0.2, 0.25) is 5.02 Å². The molecule has 1 aliphatic rings. The van der Waals surface area contributed by atoms with Crippen molar-refractivity contribution in [2.45, 2.75) is 31.5 Å². The number of piperidine rings is 1. The average molecular weight is 516 g/mol. The summed E-state index contributed by atoms with van der Waals surface area (Å²) in [5, 5.41) is 3.79. The van der Waals surface area contributed by atoms with E-state index in [2.05, 4.69) is 15.1 Å². The van der Waals surface area contributed by atoms with Gasteiger partial charge < -0.3 is 9.64 Å². The second-order valence-electron chi connectivity index (χ2n) is 8.42. The number of fused-ring (bicyclic) bond motifs is 1. The third-order valence-corrected chi connectivity index (χ3v) is 6.59. The number of halogens is 4. The third-order valence-electron chi connectivity index (χ3n) is 6.24. The molecule has 0 saturated carbocycles. The summed E-state index contributed by atoms with van der Waals surface area (Å²) in [6.45, 7) is 0.425. The van der Waals surface area contributed by atoms with Crippen molar-refractivity contribution in [3.63, 3.8) is 0 Å². The minimum Gasteiger partial charge on any atom is -0.496 e. The maximum Gasteiger partial charge on any atom is 0.433 e. The van der Waals surface area contributed by atoms with Crippen LogP contribution in [0.25, 0.3) is 16.9 Å². The minimum atomic E-state index is -4.78. The van der Waals surface area contributed by atoms with Crippen molar-refractivity contribution in [2.24, 2.45) is 0 Å². The quantitative estimate of drug-likeness (QED) is 0.341. The number of carbonyl (C=O) groups is 1. The number of carbonyl (C=O) groups excluding carboxylic acids is 1. The van der Waals surface area contributed by atoms with Gasteiger partial charge in [0.25, 0.3) is 5.91 Å². The number of methoxy groups -OCH3 is 1. The lowest BCUT2D eigenvalue weighted by Crippen LogP contribution is -2.39. The number of likely N-dealkylation sites (tertiary alicyclic amines) is 1. The Labute approximate surface area is 209 Å². The molecule has 1 fully saturated rings. The molecule has 7 nitrogen and oxygen atoms in total. The van der Waals surface area contributed by atoms with Gasteiger partial charge in [0.15, 0.2) is 17.0 Å². The van der Waals surface area contributed by atoms with Crippen molar-refractivity contribution in [1.29, 1.82) is 0 Å². The highest BCUT2D eigenvalue weighted by Gasteiger charge is 2.38. The molecule has 1 atom stereocenters. The van der Waals surface area contributed by atoms with Crippen LogP contribution in [0.1, 0.15) is 47.1 Å². The first-order chi connectivity index (χ1) is 17.3. The number of benzene rings is 1. The lowest BCUT2D eigenvalue weighted by atomic mass is 9.96. The number of pyridine rings is 1. The zero-order valence-electron chi connectivity index (χ0n) is 19.2. The van der Waals surface area contributed by atoms with Crippen molar-refractivity contribution < 1.29 is 22.7 Å². The first kappa shape index (κ1) is 24.1. The molecule has 5 rings (SSSR count). The van der Waals surface area contributed by atoms with Gasteiger partial charge in [0.1, 0.15) is 10.8 Å². The van der Waals surface area contributed by atoms with Crippen molar-refractivity contribution in [1.82, 2.24) is 24.5 Å². The number of hydrogen-bond donors (Lipinski definition) is 0. The van der Waals surface area contributed by atoms with Crippen molar-refractivity contribution in [3.8, 4) is 17.0 Å². The Bertz CT molecular complexity index is 1420. The summed E-state index contributed by atoms with van der Waals surface area (Å²) in [5.74, 6) is -0.201. The molecule has 1 aliphatic heterocycles. The van der Waals surface area contributed by atoms with E-state index in [4.69, 9.17) is 16.3 Å². The van der Waals surface area contributed by atoms with E-state index in [9.17, 15) is 18.0 Å². The number of hydrogen-bond acceptors (Lipinski definition) is 5. The van der Waals surface area contributed by atoms with E-state index in [0.717, 1.165) is 24.5 Å². The minimum absolute atomic E-state index is 0.000664. The molecular formula is C25H21ClF3N5O2. The molecule has 0 N–H and O–H groups in total. The number of aromatic nitrogens is 4. The zero-order valence-corrected chi connectivity index (χ0v) is 19.9. The highest BCUT2D eigenvalue weighted by atomic mass is 35.5. The Morgan fingerprint density at radius 1 is 1.17 bits per heavy atom. The smallest absolute Gasteiger partial charge is 0.433 e. The molecule has 4 aromatic rings. The molecule has 11 heteroatoms. The first-order valence-corrected chi connectivity index (χ1v) is 11.7. The van der Waals surface area contributed by atoms with E-state index in [1.165, 1.54) is 7.11 Å². The molecule has 1 aromatic carbocycles. The Morgan fingerprint density at radius 3 is 2.69 bits per heavy atom. The fourth-order valence-electron chi connectivity index (χ4n) is 4.55. The van der Waals surface area contributed by atoms with Gasteiger partial charge in [0.05, 0.1) is 18.8 Å². The first-order valence-electron chi connectivity index (χ1n) is 11.3. The number of amides is 1. The lowest BCUT2D eigenvalue weighted by molar-refractivity contribution is -0.142. The molecule has 0 bridgehead atoms. The SMILES string of the molecule is COc1ccccc1-c1cc(C(F)(F)F)n2nc(C(=O)N3CCCC[C@@H]3c3cccnc3)c(Cl)c2n1. The van der Waals surface area contributed by atoms with Gasteiger partial charge in [-0.05, 0) is 49.1 Å². The molecule has 0 aliphatic carbocycles. The van der Waals surface area contributed by atoms with Crippen LogP contribution in [0.15, 0.2) is 54.9 Å². The Kier molecular flexibility index (Phi) is 6.29.